The van der Waals surface area contributed by atoms with Crippen LogP contribution >= 0.6 is 11.3 Å². The van der Waals surface area contributed by atoms with Crippen LogP contribution in [-0.4, -0.2) is 43.2 Å². The molecule has 21 heavy (non-hydrogen) atoms. The number of carbonyl (C=O) groups is 1. The lowest BCUT2D eigenvalue weighted by Crippen LogP contribution is -2.38. The van der Waals surface area contributed by atoms with Crippen molar-refractivity contribution in [3.05, 3.63) is 27.1 Å². The van der Waals surface area contributed by atoms with E-state index in [9.17, 15) is 14.7 Å². The molecule has 1 fully saturated rings. The zero-order valence-corrected chi connectivity index (χ0v) is 12.6. The third-order valence-corrected chi connectivity index (χ3v) is 4.70. The van der Waals surface area contributed by atoms with Crippen LogP contribution in [0.1, 0.15) is 24.0 Å². The number of carboxylic acids is 1. The van der Waals surface area contributed by atoms with Crippen molar-refractivity contribution in [2.45, 2.75) is 32.9 Å². The van der Waals surface area contributed by atoms with E-state index in [0.717, 1.165) is 13.0 Å². The molecule has 1 aliphatic rings. The number of aliphatic carboxylic acids is 1. The molecule has 3 heterocycles. The Hall–Kier alpha value is -1.80. The van der Waals surface area contributed by atoms with Gasteiger partial charge in [0, 0.05) is 11.8 Å². The van der Waals surface area contributed by atoms with Crippen LogP contribution in [0.15, 0.2) is 10.9 Å². The summed E-state index contributed by atoms with van der Waals surface area (Å²) < 4.78 is 1.28. The second kappa shape index (κ2) is 5.19. The number of aryl methyl sites for hydroxylation is 1. The summed E-state index contributed by atoms with van der Waals surface area (Å²) in [5.74, 6) is -0.674. The van der Waals surface area contributed by atoms with Crippen molar-refractivity contribution in [2.75, 3.05) is 6.54 Å². The Labute approximate surface area is 124 Å². The fourth-order valence-electron chi connectivity index (χ4n) is 2.80. The van der Waals surface area contributed by atoms with E-state index in [-0.39, 0.29) is 11.5 Å². The number of likely N-dealkylation sites (tertiary alicyclic amines) is 1. The van der Waals surface area contributed by atoms with Gasteiger partial charge >= 0.3 is 5.97 Å². The predicted octanol–water partition coefficient (Wildman–Crippen LogP) is 0.754. The summed E-state index contributed by atoms with van der Waals surface area (Å²) in [5.41, 5.74) is 0.456. The van der Waals surface area contributed by atoms with Crippen molar-refractivity contribution in [3.8, 4) is 0 Å². The maximum absolute atomic E-state index is 11.8. The summed E-state index contributed by atoms with van der Waals surface area (Å²) in [4.78, 5) is 29.9. The Balaban J connectivity index is 1.90. The largest absolute Gasteiger partial charge is 0.480 e. The molecule has 2 unspecified atom stereocenters. The summed E-state index contributed by atoms with van der Waals surface area (Å²) in [7, 11) is 0. The first-order chi connectivity index (χ1) is 9.95. The van der Waals surface area contributed by atoms with E-state index in [4.69, 9.17) is 0 Å². The van der Waals surface area contributed by atoms with Gasteiger partial charge in [-0.05, 0) is 25.8 Å². The molecular formula is C13H16N4O3S. The molecule has 8 heteroatoms. The monoisotopic (exact) mass is 308 g/mol. The number of fused-ring (bicyclic) bond motifs is 1. The zero-order chi connectivity index (χ0) is 15.1. The number of hydrogen-bond donors (Lipinski definition) is 1. The second-order valence-corrected chi connectivity index (χ2v) is 6.49. The predicted molar refractivity (Wildman–Crippen MR) is 77.5 cm³/mol. The van der Waals surface area contributed by atoms with Crippen LogP contribution in [-0.2, 0) is 11.3 Å². The third-order valence-electron chi connectivity index (χ3n) is 3.81. The Kier molecular flexibility index (Phi) is 3.50. The van der Waals surface area contributed by atoms with Crippen LogP contribution in [0.25, 0.3) is 4.96 Å². The average Bonchev–Trinajstić information content (AvgIpc) is 2.93. The number of aromatic nitrogens is 3. The quantitative estimate of drug-likeness (QED) is 0.900. The van der Waals surface area contributed by atoms with Gasteiger partial charge in [-0.3, -0.25) is 14.5 Å². The zero-order valence-electron chi connectivity index (χ0n) is 11.8. The van der Waals surface area contributed by atoms with Gasteiger partial charge < -0.3 is 5.11 Å². The number of carboxylic acid groups (broad SMARTS) is 1. The summed E-state index contributed by atoms with van der Waals surface area (Å²) in [6.07, 6.45) is 0.860. The molecule has 2 aromatic heterocycles. The SMILES string of the molecule is Cc1cc(=O)n2nc(CN3CCC(C)C3C(=O)O)sc2n1. The number of rotatable bonds is 3. The van der Waals surface area contributed by atoms with Crippen molar-refractivity contribution >= 4 is 22.3 Å². The van der Waals surface area contributed by atoms with E-state index < -0.39 is 12.0 Å². The maximum atomic E-state index is 11.8. The highest BCUT2D eigenvalue weighted by atomic mass is 32.1. The molecular weight excluding hydrogens is 292 g/mol. The van der Waals surface area contributed by atoms with Crippen LogP contribution in [0.5, 0.6) is 0 Å². The first-order valence-corrected chi connectivity index (χ1v) is 7.60. The van der Waals surface area contributed by atoms with Gasteiger partial charge in [0.2, 0.25) is 4.96 Å². The maximum Gasteiger partial charge on any atom is 0.321 e. The molecule has 0 aromatic carbocycles. The Morgan fingerprint density at radius 2 is 2.33 bits per heavy atom. The van der Waals surface area contributed by atoms with Crippen LogP contribution in [0.4, 0.5) is 0 Å². The molecule has 112 valence electrons. The van der Waals surface area contributed by atoms with Gasteiger partial charge in [0.1, 0.15) is 11.0 Å². The van der Waals surface area contributed by atoms with E-state index in [1.54, 1.807) is 6.92 Å². The van der Waals surface area contributed by atoms with E-state index in [0.29, 0.717) is 22.2 Å². The Bertz CT molecular complexity index is 753. The first-order valence-electron chi connectivity index (χ1n) is 6.79. The van der Waals surface area contributed by atoms with Gasteiger partial charge in [-0.1, -0.05) is 18.3 Å². The van der Waals surface area contributed by atoms with E-state index in [1.165, 1.54) is 21.9 Å². The highest BCUT2D eigenvalue weighted by Crippen LogP contribution is 2.26. The summed E-state index contributed by atoms with van der Waals surface area (Å²) in [6.45, 7) is 4.89. The summed E-state index contributed by atoms with van der Waals surface area (Å²) in [6, 6.07) is 0.956. The van der Waals surface area contributed by atoms with Crippen molar-refractivity contribution in [1.29, 1.82) is 0 Å². The van der Waals surface area contributed by atoms with Crippen molar-refractivity contribution < 1.29 is 9.90 Å². The molecule has 0 spiro atoms. The number of nitrogens with zero attached hydrogens (tertiary/aromatic N) is 4. The topological polar surface area (TPSA) is 87.8 Å². The molecule has 0 bridgehead atoms. The molecule has 0 aliphatic carbocycles. The lowest BCUT2D eigenvalue weighted by molar-refractivity contribution is -0.143. The normalized spacial score (nSPS) is 23.0. The number of hydrogen-bond acceptors (Lipinski definition) is 6. The molecule has 1 aliphatic heterocycles. The molecule has 7 nitrogen and oxygen atoms in total. The minimum atomic E-state index is -0.799. The Morgan fingerprint density at radius 1 is 1.57 bits per heavy atom. The van der Waals surface area contributed by atoms with Gasteiger partial charge in [0.15, 0.2) is 0 Å². The molecule has 2 atom stereocenters. The van der Waals surface area contributed by atoms with Gasteiger partial charge in [0.25, 0.3) is 5.56 Å². The van der Waals surface area contributed by atoms with Crippen molar-refractivity contribution in [1.82, 2.24) is 19.5 Å². The molecule has 1 N–H and O–H groups in total. The Morgan fingerprint density at radius 3 is 3.05 bits per heavy atom. The van der Waals surface area contributed by atoms with Crippen LogP contribution in [0.2, 0.25) is 0 Å². The van der Waals surface area contributed by atoms with Crippen LogP contribution in [0, 0.1) is 12.8 Å². The summed E-state index contributed by atoms with van der Waals surface area (Å²) >= 11 is 1.33. The van der Waals surface area contributed by atoms with Gasteiger partial charge in [0.05, 0.1) is 6.54 Å². The minimum absolute atomic E-state index is 0.125. The highest BCUT2D eigenvalue weighted by Gasteiger charge is 2.37. The first kappa shape index (κ1) is 14.2. The molecule has 0 amide bonds. The van der Waals surface area contributed by atoms with Gasteiger partial charge in [-0.15, -0.1) is 0 Å². The molecule has 3 rings (SSSR count). The average molecular weight is 308 g/mol. The van der Waals surface area contributed by atoms with E-state index in [1.807, 2.05) is 11.8 Å². The van der Waals surface area contributed by atoms with E-state index in [2.05, 4.69) is 10.1 Å². The van der Waals surface area contributed by atoms with Crippen molar-refractivity contribution in [3.63, 3.8) is 0 Å². The van der Waals surface area contributed by atoms with Crippen molar-refractivity contribution in [2.24, 2.45) is 5.92 Å². The van der Waals surface area contributed by atoms with Crippen LogP contribution < -0.4 is 5.56 Å². The lowest BCUT2D eigenvalue weighted by Gasteiger charge is -2.21. The molecule has 0 radical (unpaired) electrons. The minimum Gasteiger partial charge on any atom is -0.480 e. The van der Waals surface area contributed by atoms with E-state index >= 15 is 0 Å². The lowest BCUT2D eigenvalue weighted by atomic mass is 10.0. The molecule has 2 aromatic rings. The third kappa shape index (κ3) is 2.56. The van der Waals surface area contributed by atoms with Gasteiger partial charge in [-0.2, -0.15) is 9.61 Å². The molecule has 0 saturated carbocycles. The smallest absolute Gasteiger partial charge is 0.321 e. The van der Waals surface area contributed by atoms with Gasteiger partial charge in [-0.25, -0.2) is 4.98 Å². The molecule has 1 saturated heterocycles. The van der Waals surface area contributed by atoms with Crippen LogP contribution in [0.3, 0.4) is 0 Å². The summed E-state index contributed by atoms with van der Waals surface area (Å²) in [5, 5.41) is 14.3. The second-order valence-electron chi connectivity index (χ2n) is 5.45. The standard InChI is InChI=1S/C13H16N4O3S/c1-7-3-4-16(11(7)12(19)20)6-9-15-17-10(18)5-8(2)14-13(17)21-9/h5,7,11H,3-4,6H2,1-2H3,(H,19,20). The fourth-order valence-corrected chi connectivity index (χ4v) is 3.77. The fraction of sp³-hybridized carbons (Fsp3) is 0.538. The highest BCUT2D eigenvalue weighted by molar-refractivity contribution is 7.16.